The Kier molecular flexibility index (Phi) is 8.36. The van der Waals surface area contributed by atoms with Gasteiger partial charge in [0, 0.05) is 37.7 Å². The van der Waals surface area contributed by atoms with Gasteiger partial charge in [-0.1, -0.05) is 18.2 Å². The monoisotopic (exact) mass is 535 g/mol. The second-order valence-corrected chi connectivity index (χ2v) is 10.1. The molecule has 0 unspecified atom stereocenters. The maximum atomic E-state index is 14.7. The van der Waals surface area contributed by atoms with E-state index in [2.05, 4.69) is 4.90 Å². The molecule has 0 saturated carbocycles. The molecule has 1 atom stereocenters. The molecule has 2 heterocycles. The maximum Gasteiger partial charge on any atom is 0.165 e. The zero-order valence-electron chi connectivity index (χ0n) is 22.5. The van der Waals surface area contributed by atoms with Crippen molar-refractivity contribution >= 4 is 11.1 Å². The van der Waals surface area contributed by atoms with Crippen molar-refractivity contribution in [2.75, 3.05) is 39.5 Å². The van der Waals surface area contributed by atoms with Gasteiger partial charge in [-0.2, -0.15) is 0 Å². The van der Waals surface area contributed by atoms with Crippen molar-refractivity contribution in [2.24, 2.45) is 0 Å². The summed E-state index contributed by atoms with van der Waals surface area (Å²) in [4.78, 5) is 2.24. The van der Waals surface area contributed by atoms with Crippen LogP contribution in [0, 0.1) is 12.7 Å². The summed E-state index contributed by atoms with van der Waals surface area (Å²) in [6, 6.07) is 16.6. The number of rotatable bonds is 9. The van der Waals surface area contributed by atoms with Crippen molar-refractivity contribution in [1.82, 2.24) is 4.90 Å². The van der Waals surface area contributed by atoms with E-state index in [-0.39, 0.29) is 12.8 Å². The average molecular weight is 536 g/mol. The minimum absolute atomic E-state index is 0.0702. The molecular weight excluding hydrogens is 500 g/mol. The standard InChI is InChI=1S/C32H35F2NO4/c1-3-37-24-9-10-26(21(2)17-24)27-12-16-38-31-19-30(36)29(34)18-28(31)32(27)22-5-7-23(8-6-22)39-25-11-15-35(20-25)14-4-13-33/h5-10,17-19,25,36H,3-4,11-16,20H2,1-2H3/t25-/m0/s1. The van der Waals surface area contributed by atoms with E-state index in [0.29, 0.717) is 37.4 Å². The number of nitrogens with zero attached hydrogens (tertiary/aromatic N) is 1. The molecule has 2 aliphatic heterocycles. The molecule has 1 saturated heterocycles. The molecule has 5 nitrogen and oxygen atoms in total. The predicted octanol–water partition coefficient (Wildman–Crippen LogP) is 6.79. The quantitative estimate of drug-likeness (QED) is 0.327. The Balaban J connectivity index is 1.51. The van der Waals surface area contributed by atoms with E-state index in [0.717, 1.165) is 65.4 Å². The fourth-order valence-corrected chi connectivity index (χ4v) is 5.51. The van der Waals surface area contributed by atoms with Crippen molar-refractivity contribution < 1.29 is 28.1 Å². The lowest BCUT2D eigenvalue weighted by atomic mass is 9.86. The Morgan fingerprint density at radius 1 is 1.05 bits per heavy atom. The van der Waals surface area contributed by atoms with Crippen molar-refractivity contribution in [2.45, 2.75) is 39.2 Å². The number of fused-ring (bicyclic) bond motifs is 1. The Bertz CT molecular complexity index is 1340. The average Bonchev–Trinajstić information content (AvgIpc) is 3.29. The first-order valence-corrected chi connectivity index (χ1v) is 13.6. The van der Waals surface area contributed by atoms with Crippen molar-refractivity contribution in [3.05, 3.63) is 82.7 Å². The third-order valence-corrected chi connectivity index (χ3v) is 7.35. The van der Waals surface area contributed by atoms with Gasteiger partial charge in [-0.15, -0.1) is 0 Å². The number of aromatic hydroxyl groups is 1. The minimum Gasteiger partial charge on any atom is -0.505 e. The van der Waals surface area contributed by atoms with Gasteiger partial charge in [0.15, 0.2) is 11.6 Å². The van der Waals surface area contributed by atoms with Crippen LogP contribution < -0.4 is 14.2 Å². The molecular formula is C32H35F2NO4. The van der Waals surface area contributed by atoms with Gasteiger partial charge in [0.25, 0.3) is 0 Å². The molecule has 5 rings (SSSR count). The Labute approximate surface area is 228 Å². The van der Waals surface area contributed by atoms with Crippen LogP contribution in [0.1, 0.15) is 48.4 Å². The normalized spacial score (nSPS) is 17.5. The van der Waals surface area contributed by atoms with Crippen molar-refractivity contribution in [3.8, 4) is 23.0 Å². The van der Waals surface area contributed by atoms with E-state index in [9.17, 15) is 13.9 Å². The maximum absolute atomic E-state index is 14.7. The van der Waals surface area contributed by atoms with Crippen LogP contribution in [0.3, 0.4) is 0 Å². The number of benzene rings is 3. The smallest absolute Gasteiger partial charge is 0.165 e. The first-order valence-electron chi connectivity index (χ1n) is 13.6. The van der Waals surface area contributed by atoms with Gasteiger partial charge in [-0.25, -0.2) is 4.39 Å². The molecule has 7 heteroatoms. The molecule has 206 valence electrons. The summed E-state index contributed by atoms with van der Waals surface area (Å²) in [6.45, 7) is 7.14. The number of hydrogen-bond acceptors (Lipinski definition) is 5. The van der Waals surface area contributed by atoms with Crippen molar-refractivity contribution in [1.29, 1.82) is 0 Å². The molecule has 0 radical (unpaired) electrons. The number of aryl methyl sites for hydroxylation is 1. The van der Waals surface area contributed by atoms with Crippen LogP contribution >= 0.6 is 0 Å². The molecule has 3 aromatic carbocycles. The third-order valence-electron chi connectivity index (χ3n) is 7.35. The highest BCUT2D eigenvalue weighted by Gasteiger charge is 2.26. The fourth-order valence-electron chi connectivity index (χ4n) is 5.51. The highest BCUT2D eigenvalue weighted by molar-refractivity contribution is 6.01. The summed E-state index contributed by atoms with van der Waals surface area (Å²) >= 11 is 0. The van der Waals surface area contributed by atoms with Gasteiger partial charge >= 0.3 is 0 Å². The van der Waals surface area contributed by atoms with Gasteiger partial charge in [-0.05, 0) is 84.9 Å². The molecule has 39 heavy (non-hydrogen) atoms. The molecule has 3 aromatic rings. The highest BCUT2D eigenvalue weighted by atomic mass is 19.1. The summed E-state index contributed by atoms with van der Waals surface area (Å²) in [5, 5.41) is 10.0. The number of alkyl halides is 1. The van der Waals surface area contributed by atoms with Crippen LogP contribution in [0.4, 0.5) is 8.78 Å². The number of phenols is 1. The van der Waals surface area contributed by atoms with E-state index >= 15 is 0 Å². The topological polar surface area (TPSA) is 51.2 Å². The van der Waals surface area contributed by atoms with Crippen LogP contribution in [0.15, 0.2) is 54.6 Å². The molecule has 2 aliphatic rings. The zero-order chi connectivity index (χ0) is 27.4. The van der Waals surface area contributed by atoms with Crippen LogP contribution in [-0.4, -0.2) is 55.6 Å². The number of halogens is 2. The summed E-state index contributed by atoms with van der Waals surface area (Å²) in [5.74, 6) is 0.881. The lowest BCUT2D eigenvalue weighted by Gasteiger charge is -2.19. The SMILES string of the molecule is CCOc1ccc(C2=C(c3ccc(O[C@H]4CCN(CCCF)C4)cc3)c3cc(F)c(O)cc3OCC2)c(C)c1. The molecule has 0 bridgehead atoms. The Hall–Kier alpha value is -3.58. The van der Waals surface area contributed by atoms with Gasteiger partial charge < -0.3 is 19.3 Å². The molecule has 0 spiro atoms. The van der Waals surface area contributed by atoms with E-state index < -0.39 is 11.6 Å². The summed E-state index contributed by atoms with van der Waals surface area (Å²) in [5.41, 5.74) is 5.48. The number of likely N-dealkylation sites (tertiary alicyclic amines) is 1. The third kappa shape index (κ3) is 6.04. The lowest BCUT2D eigenvalue weighted by Crippen LogP contribution is -2.26. The summed E-state index contributed by atoms with van der Waals surface area (Å²) < 4.78 is 45.2. The van der Waals surface area contributed by atoms with Gasteiger partial charge in [0.1, 0.15) is 23.4 Å². The highest BCUT2D eigenvalue weighted by Crippen LogP contribution is 2.44. The molecule has 0 aromatic heterocycles. The van der Waals surface area contributed by atoms with E-state index in [1.807, 2.05) is 56.3 Å². The van der Waals surface area contributed by atoms with E-state index in [1.54, 1.807) is 0 Å². The molecule has 1 N–H and O–H groups in total. The largest absolute Gasteiger partial charge is 0.505 e. The van der Waals surface area contributed by atoms with Gasteiger partial charge in [0.2, 0.25) is 0 Å². The van der Waals surface area contributed by atoms with Crippen LogP contribution in [0.25, 0.3) is 11.1 Å². The fraction of sp³-hybridized carbons (Fsp3) is 0.375. The molecule has 0 aliphatic carbocycles. The summed E-state index contributed by atoms with van der Waals surface area (Å²) in [6.07, 6.45) is 2.14. The number of ether oxygens (including phenoxy) is 3. The number of hydrogen-bond donors (Lipinski definition) is 1. The van der Waals surface area contributed by atoms with Crippen LogP contribution in [0.2, 0.25) is 0 Å². The van der Waals surface area contributed by atoms with Gasteiger partial charge in [-0.3, -0.25) is 9.29 Å². The molecule has 0 amide bonds. The van der Waals surface area contributed by atoms with Crippen LogP contribution in [0.5, 0.6) is 23.0 Å². The van der Waals surface area contributed by atoms with E-state index in [1.165, 1.54) is 12.1 Å². The summed E-state index contributed by atoms with van der Waals surface area (Å²) in [7, 11) is 0. The number of phenolic OH excluding ortho intramolecular Hbond substituents is 1. The van der Waals surface area contributed by atoms with Gasteiger partial charge in [0.05, 0.1) is 19.9 Å². The Morgan fingerprint density at radius 3 is 2.59 bits per heavy atom. The van der Waals surface area contributed by atoms with E-state index in [4.69, 9.17) is 14.2 Å². The Morgan fingerprint density at radius 2 is 1.85 bits per heavy atom. The zero-order valence-corrected chi connectivity index (χ0v) is 22.5. The predicted molar refractivity (Wildman–Crippen MR) is 149 cm³/mol. The molecule has 1 fully saturated rings. The second-order valence-electron chi connectivity index (χ2n) is 10.1. The first-order chi connectivity index (χ1) is 19.0. The lowest BCUT2D eigenvalue weighted by molar-refractivity contribution is 0.198. The van der Waals surface area contributed by atoms with Crippen LogP contribution in [-0.2, 0) is 0 Å². The van der Waals surface area contributed by atoms with Crippen molar-refractivity contribution in [3.63, 3.8) is 0 Å². The second kappa shape index (κ2) is 12.1. The minimum atomic E-state index is -0.696. The first kappa shape index (κ1) is 27.0.